The van der Waals surface area contributed by atoms with Gasteiger partial charge in [0.05, 0.1) is 12.1 Å². The fourth-order valence-corrected chi connectivity index (χ4v) is 2.10. The van der Waals surface area contributed by atoms with E-state index in [4.69, 9.17) is 15.4 Å². The largest absolute Gasteiger partial charge is 0.396 e. The molecule has 0 bridgehead atoms. The Morgan fingerprint density at radius 1 is 1.44 bits per heavy atom. The van der Waals surface area contributed by atoms with Gasteiger partial charge in [0.2, 0.25) is 5.89 Å². The maximum atomic E-state index is 9.09. The minimum atomic E-state index is -0.564. The van der Waals surface area contributed by atoms with Crippen LogP contribution in [0.3, 0.4) is 0 Å². The molecular weight excluding hydrogens is 232 g/mol. The molecular formula is C12H22N4O2. The summed E-state index contributed by atoms with van der Waals surface area (Å²) in [5.41, 5.74) is 5.35. The molecule has 1 aromatic rings. The van der Waals surface area contributed by atoms with Crippen LogP contribution in [0.15, 0.2) is 4.52 Å². The van der Waals surface area contributed by atoms with Crippen molar-refractivity contribution in [3.63, 3.8) is 0 Å². The summed E-state index contributed by atoms with van der Waals surface area (Å²) >= 11 is 0. The van der Waals surface area contributed by atoms with Gasteiger partial charge in [-0.15, -0.1) is 0 Å². The summed E-state index contributed by atoms with van der Waals surface area (Å²) in [7, 11) is 0. The van der Waals surface area contributed by atoms with E-state index >= 15 is 0 Å². The summed E-state index contributed by atoms with van der Waals surface area (Å²) in [4.78, 5) is 6.59. The van der Waals surface area contributed by atoms with Gasteiger partial charge in [0.1, 0.15) is 0 Å². The molecule has 6 heteroatoms. The first-order valence-electron chi connectivity index (χ1n) is 6.44. The van der Waals surface area contributed by atoms with Crippen molar-refractivity contribution < 1.29 is 9.63 Å². The summed E-state index contributed by atoms with van der Waals surface area (Å²) < 4.78 is 5.21. The second-order valence-corrected chi connectivity index (χ2v) is 5.64. The van der Waals surface area contributed by atoms with E-state index < -0.39 is 5.54 Å². The molecule has 2 heterocycles. The third kappa shape index (κ3) is 3.28. The highest BCUT2D eigenvalue weighted by Gasteiger charge is 2.24. The molecule has 6 nitrogen and oxygen atoms in total. The standard InChI is InChI=1S/C12H22N4O2/c1-12(2,13)11-14-10(18-15-11)7-16-5-3-9(8-17)4-6-16/h9,17H,3-8,13H2,1-2H3. The quantitative estimate of drug-likeness (QED) is 0.812. The van der Waals surface area contributed by atoms with Crippen LogP contribution in [0.5, 0.6) is 0 Å². The van der Waals surface area contributed by atoms with Gasteiger partial charge >= 0.3 is 0 Å². The number of likely N-dealkylation sites (tertiary alicyclic amines) is 1. The van der Waals surface area contributed by atoms with E-state index in [0.29, 0.717) is 30.8 Å². The second-order valence-electron chi connectivity index (χ2n) is 5.64. The normalized spacial score (nSPS) is 19.3. The molecule has 0 aliphatic carbocycles. The van der Waals surface area contributed by atoms with Crippen molar-refractivity contribution in [2.45, 2.75) is 38.8 Å². The van der Waals surface area contributed by atoms with Gasteiger partial charge in [0, 0.05) is 6.61 Å². The zero-order chi connectivity index (χ0) is 13.2. The van der Waals surface area contributed by atoms with Crippen LogP contribution in [0.1, 0.15) is 38.4 Å². The van der Waals surface area contributed by atoms with E-state index in [1.165, 1.54) is 0 Å². The molecule has 0 amide bonds. The predicted octanol–water partition coefficient (Wildman–Crippen LogP) is 0.468. The lowest BCUT2D eigenvalue weighted by Gasteiger charge is -2.29. The highest BCUT2D eigenvalue weighted by Crippen LogP contribution is 2.19. The number of nitrogens with two attached hydrogens (primary N) is 1. The Kier molecular flexibility index (Phi) is 3.99. The summed E-state index contributed by atoms with van der Waals surface area (Å²) in [6, 6.07) is 0. The number of aromatic nitrogens is 2. The fraction of sp³-hybridized carbons (Fsp3) is 0.833. The van der Waals surface area contributed by atoms with Crippen molar-refractivity contribution >= 4 is 0 Å². The number of aliphatic hydroxyl groups is 1. The van der Waals surface area contributed by atoms with Crippen LogP contribution in [0.4, 0.5) is 0 Å². The Labute approximate surface area is 107 Å². The van der Waals surface area contributed by atoms with Crippen molar-refractivity contribution in [3.8, 4) is 0 Å². The summed E-state index contributed by atoms with van der Waals surface area (Å²) in [5, 5.41) is 13.0. The lowest BCUT2D eigenvalue weighted by molar-refractivity contribution is 0.119. The van der Waals surface area contributed by atoms with Crippen molar-refractivity contribution in [3.05, 3.63) is 11.7 Å². The van der Waals surface area contributed by atoms with Crippen molar-refractivity contribution in [2.24, 2.45) is 11.7 Å². The monoisotopic (exact) mass is 254 g/mol. The molecule has 0 spiro atoms. The maximum absolute atomic E-state index is 9.09. The Bertz CT molecular complexity index is 378. The van der Waals surface area contributed by atoms with Gasteiger partial charge in [-0.3, -0.25) is 4.90 Å². The van der Waals surface area contributed by atoms with Crippen molar-refractivity contribution in [2.75, 3.05) is 19.7 Å². The van der Waals surface area contributed by atoms with Crippen LogP contribution in [-0.4, -0.2) is 39.8 Å². The number of nitrogens with zero attached hydrogens (tertiary/aromatic N) is 3. The molecule has 3 N–H and O–H groups in total. The summed E-state index contributed by atoms with van der Waals surface area (Å²) in [5.74, 6) is 1.61. The third-order valence-corrected chi connectivity index (χ3v) is 3.37. The van der Waals surface area contributed by atoms with Crippen molar-refractivity contribution in [1.82, 2.24) is 15.0 Å². The zero-order valence-electron chi connectivity index (χ0n) is 11.1. The lowest BCUT2D eigenvalue weighted by atomic mass is 9.98. The van der Waals surface area contributed by atoms with E-state index in [1.807, 2.05) is 13.8 Å². The van der Waals surface area contributed by atoms with Gasteiger partial charge in [-0.2, -0.15) is 4.98 Å². The number of rotatable bonds is 4. The van der Waals surface area contributed by atoms with Gasteiger partial charge in [-0.25, -0.2) is 0 Å². The molecule has 102 valence electrons. The Balaban J connectivity index is 1.89. The number of piperidine rings is 1. The maximum Gasteiger partial charge on any atom is 0.240 e. The van der Waals surface area contributed by atoms with Crippen LogP contribution >= 0.6 is 0 Å². The average molecular weight is 254 g/mol. The third-order valence-electron chi connectivity index (χ3n) is 3.37. The molecule has 0 unspecified atom stereocenters. The Morgan fingerprint density at radius 2 is 2.11 bits per heavy atom. The second kappa shape index (κ2) is 5.34. The van der Waals surface area contributed by atoms with Gasteiger partial charge < -0.3 is 15.4 Å². The molecule has 0 saturated carbocycles. The predicted molar refractivity (Wildman–Crippen MR) is 66.6 cm³/mol. The van der Waals surface area contributed by atoms with Gasteiger partial charge in [0.15, 0.2) is 5.82 Å². The van der Waals surface area contributed by atoms with E-state index in [2.05, 4.69) is 15.0 Å². The van der Waals surface area contributed by atoms with Gasteiger partial charge in [0.25, 0.3) is 0 Å². The Hall–Kier alpha value is -0.980. The minimum Gasteiger partial charge on any atom is -0.396 e. The SMILES string of the molecule is CC(C)(N)c1noc(CN2CCC(CO)CC2)n1. The fourth-order valence-electron chi connectivity index (χ4n) is 2.10. The molecule has 0 aromatic carbocycles. The average Bonchev–Trinajstić information content (AvgIpc) is 2.78. The first-order chi connectivity index (χ1) is 8.49. The van der Waals surface area contributed by atoms with E-state index in [0.717, 1.165) is 25.9 Å². The van der Waals surface area contributed by atoms with E-state index in [-0.39, 0.29) is 0 Å². The Morgan fingerprint density at radius 3 is 2.61 bits per heavy atom. The molecule has 0 atom stereocenters. The topological polar surface area (TPSA) is 88.4 Å². The van der Waals surface area contributed by atoms with Crippen LogP contribution in [-0.2, 0) is 12.1 Å². The lowest BCUT2D eigenvalue weighted by Crippen LogP contribution is -2.34. The van der Waals surface area contributed by atoms with E-state index in [9.17, 15) is 0 Å². The van der Waals surface area contributed by atoms with E-state index in [1.54, 1.807) is 0 Å². The molecule has 1 fully saturated rings. The molecule has 2 rings (SSSR count). The highest BCUT2D eigenvalue weighted by molar-refractivity contribution is 4.99. The zero-order valence-corrected chi connectivity index (χ0v) is 11.1. The molecule has 18 heavy (non-hydrogen) atoms. The molecule has 1 saturated heterocycles. The first-order valence-corrected chi connectivity index (χ1v) is 6.44. The van der Waals surface area contributed by atoms with Crippen LogP contribution in [0.25, 0.3) is 0 Å². The molecule has 1 aliphatic rings. The van der Waals surface area contributed by atoms with Crippen molar-refractivity contribution in [1.29, 1.82) is 0 Å². The number of hydrogen-bond donors (Lipinski definition) is 2. The van der Waals surface area contributed by atoms with Crippen LogP contribution in [0, 0.1) is 5.92 Å². The first kappa shape index (κ1) is 13.5. The summed E-state index contributed by atoms with van der Waals surface area (Å²) in [6.07, 6.45) is 2.06. The number of aliphatic hydroxyl groups excluding tert-OH is 1. The molecule has 1 aromatic heterocycles. The minimum absolute atomic E-state index is 0.292. The smallest absolute Gasteiger partial charge is 0.240 e. The molecule has 0 radical (unpaired) electrons. The van der Waals surface area contributed by atoms with Gasteiger partial charge in [-0.1, -0.05) is 5.16 Å². The van der Waals surface area contributed by atoms with Crippen LogP contribution < -0.4 is 5.73 Å². The highest BCUT2D eigenvalue weighted by atomic mass is 16.5. The molecule has 1 aliphatic heterocycles. The van der Waals surface area contributed by atoms with Crippen LogP contribution in [0.2, 0.25) is 0 Å². The summed E-state index contributed by atoms with van der Waals surface area (Å²) in [6.45, 7) is 6.60. The van der Waals surface area contributed by atoms with Gasteiger partial charge in [-0.05, 0) is 45.7 Å². The number of hydrogen-bond acceptors (Lipinski definition) is 6.